The summed E-state index contributed by atoms with van der Waals surface area (Å²) in [5, 5.41) is 9.07. The summed E-state index contributed by atoms with van der Waals surface area (Å²) in [5.41, 5.74) is 1.72. The van der Waals surface area contributed by atoms with E-state index in [4.69, 9.17) is 16.7 Å². The zero-order valence-corrected chi connectivity index (χ0v) is 16.6. The summed E-state index contributed by atoms with van der Waals surface area (Å²) in [4.78, 5) is 10.7. The number of hydrogen-bond donors (Lipinski definition) is 2. The number of carboxylic acid groups (broad SMARTS) is 1. The normalized spacial score (nSPS) is 11.0. The fraction of sp³-hybridized carbons (Fsp3) is 0.250. The average molecular weight is 406 g/mol. The molecule has 0 atom stereocenters. The molecule has 2 aromatic carbocycles. The van der Waals surface area contributed by atoms with Crippen molar-refractivity contribution >= 4 is 33.3 Å². The zero-order chi connectivity index (χ0) is 20.0. The summed E-state index contributed by atoms with van der Waals surface area (Å²) in [7, 11) is -3.79. The minimum atomic E-state index is -3.79. The second-order valence-electron chi connectivity index (χ2n) is 6.21. The van der Waals surface area contributed by atoms with E-state index in [2.05, 4.69) is 16.6 Å². The number of aliphatic carboxylic acids is 1. The van der Waals surface area contributed by atoms with Crippen LogP contribution in [0.2, 0.25) is 5.02 Å². The van der Waals surface area contributed by atoms with E-state index in [1.54, 1.807) is 30.3 Å². The first-order chi connectivity index (χ1) is 12.7. The van der Waals surface area contributed by atoms with Crippen molar-refractivity contribution in [3.05, 3.63) is 58.6 Å². The van der Waals surface area contributed by atoms with Gasteiger partial charge in [0.1, 0.15) is 0 Å². The monoisotopic (exact) mass is 405 g/mol. The summed E-state index contributed by atoms with van der Waals surface area (Å²) in [6.45, 7) is 4.07. The van der Waals surface area contributed by atoms with E-state index < -0.39 is 16.0 Å². The molecule has 0 heterocycles. The van der Waals surface area contributed by atoms with E-state index in [1.807, 2.05) is 13.8 Å². The van der Waals surface area contributed by atoms with Gasteiger partial charge in [-0.15, -0.1) is 0 Å². The third-order valence-corrected chi connectivity index (χ3v) is 5.39. The molecule has 0 aliphatic heterocycles. The SMILES string of the molecule is CC(C)c1ccc(S(=O)(=O)Nc2ccc(Cl)cc2C#CCCC(=O)O)cc1. The lowest BCUT2D eigenvalue weighted by Gasteiger charge is -2.11. The van der Waals surface area contributed by atoms with Crippen LogP contribution in [-0.4, -0.2) is 19.5 Å². The maximum Gasteiger partial charge on any atom is 0.304 e. The molecule has 0 radical (unpaired) electrons. The van der Waals surface area contributed by atoms with Crippen LogP contribution in [0.4, 0.5) is 5.69 Å². The summed E-state index contributed by atoms with van der Waals surface area (Å²) >= 11 is 5.98. The zero-order valence-electron chi connectivity index (χ0n) is 15.0. The van der Waals surface area contributed by atoms with Crippen molar-refractivity contribution in [1.29, 1.82) is 0 Å². The highest BCUT2D eigenvalue weighted by Gasteiger charge is 2.16. The van der Waals surface area contributed by atoms with Crippen LogP contribution in [0, 0.1) is 11.8 Å². The Hall–Kier alpha value is -2.49. The van der Waals surface area contributed by atoms with Gasteiger partial charge in [0.25, 0.3) is 10.0 Å². The number of hydrogen-bond acceptors (Lipinski definition) is 3. The first kappa shape index (κ1) is 20.8. The van der Waals surface area contributed by atoms with Crippen molar-refractivity contribution in [3.8, 4) is 11.8 Å². The molecule has 0 spiro atoms. The average Bonchev–Trinajstić information content (AvgIpc) is 2.60. The van der Waals surface area contributed by atoms with E-state index in [-0.39, 0.29) is 23.4 Å². The largest absolute Gasteiger partial charge is 0.481 e. The fourth-order valence-electron chi connectivity index (χ4n) is 2.27. The Morgan fingerprint density at radius 2 is 1.85 bits per heavy atom. The third kappa shape index (κ3) is 6.02. The van der Waals surface area contributed by atoms with Crippen LogP contribution in [0.1, 0.15) is 43.7 Å². The standard InChI is InChI=1S/C20H20ClNO4S/c1-14(2)15-7-10-18(11-8-15)27(25,26)22-19-12-9-17(21)13-16(19)5-3-4-6-20(23)24/h7-14,22H,4,6H2,1-2H3,(H,23,24). The highest BCUT2D eigenvalue weighted by Crippen LogP contribution is 2.24. The van der Waals surface area contributed by atoms with Crippen LogP contribution >= 0.6 is 11.6 Å². The van der Waals surface area contributed by atoms with Crippen LogP contribution in [0.3, 0.4) is 0 Å². The quantitative estimate of drug-likeness (QED) is 0.694. The highest BCUT2D eigenvalue weighted by molar-refractivity contribution is 7.92. The number of halogens is 1. The van der Waals surface area contributed by atoms with Gasteiger partial charge in [-0.25, -0.2) is 8.42 Å². The van der Waals surface area contributed by atoms with Gasteiger partial charge < -0.3 is 5.11 Å². The summed E-state index contributed by atoms with van der Waals surface area (Å²) < 4.78 is 27.9. The van der Waals surface area contributed by atoms with E-state index in [9.17, 15) is 13.2 Å². The van der Waals surface area contributed by atoms with Gasteiger partial charge in [-0.2, -0.15) is 0 Å². The van der Waals surface area contributed by atoms with Gasteiger partial charge in [-0.3, -0.25) is 9.52 Å². The van der Waals surface area contributed by atoms with Gasteiger partial charge >= 0.3 is 5.97 Å². The minimum Gasteiger partial charge on any atom is -0.481 e. The summed E-state index contributed by atoms with van der Waals surface area (Å²) in [6, 6.07) is 11.3. The molecule has 0 aromatic heterocycles. The number of benzene rings is 2. The maximum absolute atomic E-state index is 12.7. The van der Waals surface area contributed by atoms with Crippen molar-refractivity contribution in [2.45, 2.75) is 37.5 Å². The Bertz CT molecular complexity index is 987. The van der Waals surface area contributed by atoms with Gasteiger partial charge in [0.2, 0.25) is 0 Å². The molecule has 0 amide bonds. The number of nitrogens with one attached hydrogen (secondary N) is 1. The summed E-state index contributed by atoms with van der Waals surface area (Å²) in [5.74, 6) is 4.87. The number of carboxylic acids is 1. The van der Waals surface area contributed by atoms with Crippen molar-refractivity contribution in [3.63, 3.8) is 0 Å². The molecule has 2 N–H and O–H groups in total. The number of anilines is 1. The van der Waals surface area contributed by atoms with Crippen LogP contribution in [0.25, 0.3) is 0 Å². The Morgan fingerprint density at radius 3 is 2.44 bits per heavy atom. The first-order valence-corrected chi connectivity index (χ1v) is 10.2. The third-order valence-electron chi connectivity index (χ3n) is 3.77. The number of rotatable bonds is 6. The molecular formula is C20H20ClNO4S. The Balaban J connectivity index is 2.28. The predicted molar refractivity (Wildman–Crippen MR) is 107 cm³/mol. The topological polar surface area (TPSA) is 83.5 Å². The molecular weight excluding hydrogens is 386 g/mol. The van der Waals surface area contributed by atoms with Crippen molar-refractivity contribution in [2.24, 2.45) is 0 Å². The number of carbonyl (C=O) groups is 1. The van der Waals surface area contributed by atoms with Gasteiger partial charge in [0.15, 0.2) is 0 Å². The molecule has 27 heavy (non-hydrogen) atoms. The molecule has 0 unspecified atom stereocenters. The molecule has 0 saturated heterocycles. The van der Waals surface area contributed by atoms with Crippen LogP contribution < -0.4 is 4.72 Å². The number of sulfonamides is 1. The molecule has 5 nitrogen and oxygen atoms in total. The van der Waals surface area contributed by atoms with E-state index in [0.717, 1.165) is 5.56 Å². The van der Waals surface area contributed by atoms with E-state index >= 15 is 0 Å². The van der Waals surface area contributed by atoms with Crippen molar-refractivity contribution < 1.29 is 18.3 Å². The molecule has 2 rings (SSSR count). The lowest BCUT2D eigenvalue weighted by atomic mass is 10.0. The van der Waals surface area contributed by atoms with Gasteiger partial charge in [0.05, 0.1) is 22.6 Å². The Labute approximate surface area is 164 Å². The van der Waals surface area contributed by atoms with Gasteiger partial charge in [-0.1, -0.05) is 49.4 Å². The highest BCUT2D eigenvalue weighted by atomic mass is 35.5. The molecule has 0 fully saturated rings. The molecule has 0 aliphatic carbocycles. The van der Waals surface area contributed by atoms with Crippen LogP contribution in [-0.2, 0) is 14.8 Å². The molecule has 0 saturated carbocycles. The van der Waals surface area contributed by atoms with Crippen LogP contribution in [0.5, 0.6) is 0 Å². The van der Waals surface area contributed by atoms with Crippen LogP contribution in [0.15, 0.2) is 47.4 Å². The second kappa shape index (κ2) is 8.94. The minimum absolute atomic E-state index is 0.0865. The molecule has 2 aromatic rings. The van der Waals surface area contributed by atoms with Gasteiger partial charge in [-0.05, 0) is 41.8 Å². The van der Waals surface area contributed by atoms with Crippen molar-refractivity contribution in [1.82, 2.24) is 0 Å². The predicted octanol–water partition coefficient (Wildman–Crippen LogP) is 4.48. The lowest BCUT2D eigenvalue weighted by Crippen LogP contribution is -2.14. The molecule has 0 aliphatic rings. The maximum atomic E-state index is 12.7. The second-order valence-corrected chi connectivity index (χ2v) is 8.33. The van der Waals surface area contributed by atoms with Crippen molar-refractivity contribution in [2.75, 3.05) is 4.72 Å². The Morgan fingerprint density at radius 1 is 1.19 bits per heavy atom. The molecule has 7 heteroatoms. The van der Waals surface area contributed by atoms with Gasteiger partial charge in [0, 0.05) is 11.4 Å². The fourth-order valence-corrected chi connectivity index (χ4v) is 3.52. The lowest BCUT2D eigenvalue weighted by molar-refractivity contribution is -0.136. The van der Waals surface area contributed by atoms with E-state index in [1.165, 1.54) is 12.1 Å². The Kier molecular flexibility index (Phi) is 6.89. The van der Waals surface area contributed by atoms with E-state index in [0.29, 0.717) is 16.5 Å². The smallest absolute Gasteiger partial charge is 0.304 e. The summed E-state index contributed by atoms with van der Waals surface area (Å²) in [6.07, 6.45) is 0.0710. The molecule has 142 valence electrons. The molecule has 0 bridgehead atoms. The first-order valence-electron chi connectivity index (χ1n) is 8.32.